The highest BCUT2D eigenvalue weighted by Crippen LogP contribution is 2.21. The van der Waals surface area contributed by atoms with Crippen molar-refractivity contribution in [2.45, 2.75) is 24.9 Å². The van der Waals surface area contributed by atoms with E-state index >= 15 is 0 Å². The Morgan fingerprint density at radius 2 is 2.17 bits per heavy atom. The molecule has 18 heavy (non-hydrogen) atoms. The summed E-state index contributed by atoms with van der Waals surface area (Å²) in [4.78, 5) is 11.8. The molecule has 3 atom stereocenters. The van der Waals surface area contributed by atoms with E-state index in [1.54, 1.807) is 18.2 Å². The quantitative estimate of drug-likeness (QED) is 0.649. The van der Waals surface area contributed by atoms with E-state index in [0.717, 1.165) is 0 Å². The monoisotopic (exact) mass is 248 g/mol. The van der Waals surface area contributed by atoms with Gasteiger partial charge in [0.05, 0.1) is 6.10 Å². The summed E-state index contributed by atoms with van der Waals surface area (Å²) in [6.45, 7) is 0. The van der Waals surface area contributed by atoms with Crippen molar-refractivity contribution in [2.75, 3.05) is 7.11 Å². The van der Waals surface area contributed by atoms with Crippen LogP contribution in [0.2, 0.25) is 0 Å². The zero-order valence-corrected chi connectivity index (χ0v) is 10.2. The molecule has 0 spiro atoms. The average molecular weight is 248 g/mol. The summed E-state index contributed by atoms with van der Waals surface area (Å²) in [7, 11) is 1.53. The average Bonchev–Trinajstić information content (AvgIpc) is 2.77. The summed E-state index contributed by atoms with van der Waals surface area (Å²) < 4.78 is 10.4. The molecule has 0 unspecified atom stereocenters. The third kappa shape index (κ3) is 3.04. The smallest absolute Gasteiger partial charge is 0.185 e. The van der Waals surface area contributed by atoms with E-state index in [1.807, 2.05) is 18.2 Å². The van der Waals surface area contributed by atoms with Crippen LogP contribution in [0.15, 0.2) is 42.5 Å². The van der Waals surface area contributed by atoms with Crippen molar-refractivity contribution >= 4 is 5.78 Å². The molecule has 2 rings (SSSR count). The molecular formula is C14H16O4. The normalized spacial score (nSPS) is 27.8. The second-order valence-electron chi connectivity index (χ2n) is 4.16. The molecule has 0 aromatic heterocycles. The molecule has 0 saturated carbocycles. The van der Waals surface area contributed by atoms with Gasteiger partial charge in [-0.25, -0.2) is 0 Å². The number of aliphatic hydroxyl groups is 1. The van der Waals surface area contributed by atoms with Crippen molar-refractivity contribution in [2.24, 2.45) is 0 Å². The third-order valence-corrected chi connectivity index (χ3v) is 2.88. The van der Waals surface area contributed by atoms with Gasteiger partial charge in [0, 0.05) is 19.1 Å². The van der Waals surface area contributed by atoms with Crippen molar-refractivity contribution in [3.63, 3.8) is 0 Å². The number of carbonyl (C=O) groups is 1. The van der Waals surface area contributed by atoms with Crippen LogP contribution in [0, 0.1) is 0 Å². The maximum atomic E-state index is 11.8. The Hall–Kier alpha value is -1.49. The Balaban J connectivity index is 1.97. The Morgan fingerprint density at radius 3 is 2.78 bits per heavy atom. The van der Waals surface area contributed by atoms with Crippen LogP contribution >= 0.6 is 0 Å². The van der Waals surface area contributed by atoms with Crippen LogP contribution in [0.4, 0.5) is 0 Å². The van der Waals surface area contributed by atoms with E-state index in [1.165, 1.54) is 13.2 Å². The number of allylic oxidation sites excluding steroid dienone is 1. The SMILES string of the molecule is CO[C@H]1C[C@H](O)[C@@H](/C=C/C(=O)c2ccccc2)O1. The second kappa shape index (κ2) is 5.91. The van der Waals surface area contributed by atoms with E-state index < -0.39 is 18.5 Å². The molecule has 1 fully saturated rings. The maximum Gasteiger partial charge on any atom is 0.185 e. The molecule has 4 heteroatoms. The minimum atomic E-state index is -0.630. The predicted octanol–water partition coefficient (Wildman–Crippen LogP) is 1.55. The van der Waals surface area contributed by atoms with Crippen LogP contribution in [0.25, 0.3) is 0 Å². The Kier molecular flexibility index (Phi) is 4.25. The number of hydrogen-bond acceptors (Lipinski definition) is 4. The number of ether oxygens (including phenoxy) is 2. The summed E-state index contributed by atoms with van der Waals surface area (Å²) in [6.07, 6.45) is 1.92. The van der Waals surface area contributed by atoms with Gasteiger partial charge in [0.25, 0.3) is 0 Å². The molecule has 1 aliphatic heterocycles. The van der Waals surface area contributed by atoms with E-state index in [0.29, 0.717) is 12.0 Å². The molecule has 96 valence electrons. The minimum absolute atomic E-state index is 0.104. The molecule has 1 N–H and O–H groups in total. The van der Waals surface area contributed by atoms with Crippen molar-refractivity contribution in [1.82, 2.24) is 0 Å². The molecule has 1 saturated heterocycles. The lowest BCUT2D eigenvalue weighted by molar-refractivity contribution is -0.105. The van der Waals surface area contributed by atoms with Crippen molar-refractivity contribution < 1.29 is 19.4 Å². The number of aliphatic hydroxyl groups excluding tert-OH is 1. The van der Waals surface area contributed by atoms with E-state index in [4.69, 9.17) is 9.47 Å². The van der Waals surface area contributed by atoms with Crippen LogP contribution in [0.5, 0.6) is 0 Å². The van der Waals surface area contributed by atoms with Crippen LogP contribution in [0.1, 0.15) is 16.8 Å². The standard InChI is InChI=1S/C14H16O4/c1-17-14-9-12(16)13(18-14)8-7-11(15)10-5-3-2-4-6-10/h2-8,12-14,16H,9H2,1H3/b8-7+/t12-,13+,14+/m0/s1. The summed E-state index contributed by atoms with van der Waals surface area (Å²) >= 11 is 0. The van der Waals surface area contributed by atoms with Gasteiger partial charge < -0.3 is 14.6 Å². The van der Waals surface area contributed by atoms with Gasteiger partial charge in [0.15, 0.2) is 12.1 Å². The first-order valence-electron chi connectivity index (χ1n) is 5.84. The molecule has 0 radical (unpaired) electrons. The zero-order valence-electron chi connectivity index (χ0n) is 10.2. The van der Waals surface area contributed by atoms with Gasteiger partial charge in [0.2, 0.25) is 0 Å². The largest absolute Gasteiger partial charge is 0.390 e. The number of carbonyl (C=O) groups excluding carboxylic acids is 1. The lowest BCUT2D eigenvalue weighted by Gasteiger charge is -2.09. The first-order valence-corrected chi connectivity index (χ1v) is 5.84. The number of ketones is 1. The topological polar surface area (TPSA) is 55.8 Å². The summed E-state index contributed by atoms with van der Waals surface area (Å²) in [5.41, 5.74) is 0.615. The number of methoxy groups -OCH3 is 1. The minimum Gasteiger partial charge on any atom is -0.390 e. The first kappa shape index (κ1) is 13.0. The van der Waals surface area contributed by atoms with Gasteiger partial charge in [-0.3, -0.25) is 4.79 Å². The maximum absolute atomic E-state index is 11.8. The Labute approximate surface area is 106 Å². The van der Waals surface area contributed by atoms with Gasteiger partial charge in [-0.2, -0.15) is 0 Å². The van der Waals surface area contributed by atoms with Crippen LogP contribution in [-0.2, 0) is 9.47 Å². The highest BCUT2D eigenvalue weighted by atomic mass is 16.7. The number of benzene rings is 1. The van der Waals surface area contributed by atoms with Crippen molar-refractivity contribution in [3.05, 3.63) is 48.0 Å². The van der Waals surface area contributed by atoms with E-state index in [2.05, 4.69) is 0 Å². The summed E-state index contributed by atoms with van der Waals surface area (Å²) in [5.74, 6) is -0.104. The molecule has 4 nitrogen and oxygen atoms in total. The lowest BCUT2D eigenvalue weighted by atomic mass is 10.1. The van der Waals surface area contributed by atoms with Crippen LogP contribution in [0.3, 0.4) is 0 Å². The van der Waals surface area contributed by atoms with Gasteiger partial charge in [-0.15, -0.1) is 0 Å². The third-order valence-electron chi connectivity index (χ3n) is 2.88. The molecule has 0 bridgehead atoms. The zero-order chi connectivity index (χ0) is 13.0. The highest BCUT2D eigenvalue weighted by Gasteiger charge is 2.32. The number of hydrogen-bond donors (Lipinski definition) is 1. The molecule has 1 heterocycles. The fourth-order valence-corrected chi connectivity index (χ4v) is 1.86. The Bertz CT molecular complexity index is 427. The van der Waals surface area contributed by atoms with Gasteiger partial charge in [-0.1, -0.05) is 30.3 Å². The predicted molar refractivity (Wildman–Crippen MR) is 66.2 cm³/mol. The van der Waals surface area contributed by atoms with Crippen molar-refractivity contribution in [1.29, 1.82) is 0 Å². The second-order valence-corrected chi connectivity index (χ2v) is 4.16. The first-order chi connectivity index (χ1) is 8.70. The molecule has 0 amide bonds. The van der Waals surface area contributed by atoms with Crippen LogP contribution < -0.4 is 0 Å². The highest BCUT2D eigenvalue weighted by molar-refractivity contribution is 6.04. The van der Waals surface area contributed by atoms with Crippen molar-refractivity contribution in [3.8, 4) is 0 Å². The van der Waals surface area contributed by atoms with Gasteiger partial charge in [0.1, 0.15) is 6.10 Å². The van der Waals surface area contributed by atoms with E-state index in [-0.39, 0.29) is 5.78 Å². The van der Waals surface area contributed by atoms with Gasteiger partial charge in [-0.05, 0) is 12.2 Å². The molecule has 1 aromatic rings. The molecule has 0 aliphatic carbocycles. The van der Waals surface area contributed by atoms with E-state index in [9.17, 15) is 9.90 Å². The number of rotatable bonds is 4. The summed E-state index contributed by atoms with van der Waals surface area (Å²) in [6, 6.07) is 8.96. The molecule has 1 aromatic carbocycles. The summed E-state index contributed by atoms with van der Waals surface area (Å²) in [5, 5.41) is 9.71. The molecule has 1 aliphatic rings. The molecular weight excluding hydrogens is 232 g/mol. The van der Waals surface area contributed by atoms with Crippen LogP contribution in [-0.4, -0.2) is 36.5 Å². The Morgan fingerprint density at radius 1 is 1.44 bits per heavy atom. The lowest BCUT2D eigenvalue weighted by Crippen LogP contribution is -2.18. The van der Waals surface area contributed by atoms with Gasteiger partial charge >= 0.3 is 0 Å². The fourth-order valence-electron chi connectivity index (χ4n) is 1.86. The fraction of sp³-hybridized carbons (Fsp3) is 0.357.